The first-order valence-corrected chi connectivity index (χ1v) is 7.87. The number of aliphatic carboxylic acids is 1. The maximum absolute atomic E-state index is 12.6. The molecule has 0 aromatic heterocycles. The molecule has 6 heteroatoms. The first-order chi connectivity index (χ1) is 11.0. The fourth-order valence-electron chi connectivity index (χ4n) is 3.86. The number of carboxylic acids is 1. The minimum absolute atomic E-state index is 0.0342. The van der Waals surface area contributed by atoms with Crippen LogP contribution in [0.15, 0.2) is 30.3 Å². The van der Waals surface area contributed by atoms with Gasteiger partial charge in [0.05, 0.1) is 0 Å². The van der Waals surface area contributed by atoms with E-state index in [-0.39, 0.29) is 24.0 Å². The summed E-state index contributed by atoms with van der Waals surface area (Å²) in [6, 6.07) is 9.00. The highest BCUT2D eigenvalue weighted by Crippen LogP contribution is 2.37. The van der Waals surface area contributed by atoms with E-state index in [4.69, 9.17) is 5.11 Å². The second kappa shape index (κ2) is 6.02. The summed E-state index contributed by atoms with van der Waals surface area (Å²) in [5.41, 5.74) is 0.645. The molecule has 23 heavy (non-hydrogen) atoms. The van der Waals surface area contributed by atoms with Crippen LogP contribution in [0, 0.1) is 0 Å². The van der Waals surface area contributed by atoms with Crippen molar-refractivity contribution in [3.63, 3.8) is 0 Å². The molecule has 2 aliphatic rings. The Morgan fingerprint density at radius 2 is 1.65 bits per heavy atom. The van der Waals surface area contributed by atoms with Gasteiger partial charge in [-0.15, -0.1) is 0 Å². The van der Waals surface area contributed by atoms with Gasteiger partial charge < -0.3 is 14.9 Å². The van der Waals surface area contributed by atoms with Crippen LogP contribution in [-0.2, 0) is 9.59 Å². The number of hydrogen-bond acceptors (Lipinski definition) is 3. The Kier molecular flexibility index (Phi) is 4.07. The van der Waals surface area contributed by atoms with Gasteiger partial charge in [-0.2, -0.15) is 0 Å². The average Bonchev–Trinajstić information content (AvgIpc) is 2.82. The zero-order chi connectivity index (χ0) is 16.6. The van der Waals surface area contributed by atoms with Crippen LogP contribution in [0.1, 0.15) is 36.0 Å². The zero-order valence-corrected chi connectivity index (χ0v) is 13.0. The van der Waals surface area contributed by atoms with Gasteiger partial charge in [0.25, 0.3) is 5.91 Å². The number of carboxylic acid groups (broad SMARTS) is 1. The van der Waals surface area contributed by atoms with Gasteiger partial charge in [-0.1, -0.05) is 18.2 Å². The maximum atomic E-state index is 12.6. The highest BCUT2D eigenvalue weighted by molar-refractivity contribution is 6.31. The van der Waals surface area contributed by atoms with Crippen LogP contribution in [-0.4, -0.2) is 57.9 Å². The van der Waals surface area contributed by atoms with Crippen molar-refractivity contribution in [1.82, 2.24) is 9.80 Å². The van der Waals surface area contributed by atoms with Gasteiger partial charge >= 0.3 is 11.9 Å². The van der Waals surface area contributed by atoms with Crippen LogP contribution in [0.2, 0.25) is 0 Å². The van der Waals surface area contributed by atoms with Gasteiger partial charge in [0, 0.05) is 30.7 Å². The summed E-state index contributed by atoms with van der Waals surface area (Å²) < 4.78 is 0. The molecule has 1 N–H and O–H groups in total. The van der Waals surface area contributed by atoms with Gasteiger partial charge in [-0.05, 0) is 37.8 Å². The van der Waals surface area contributed by atoms with Crippen molar-refractivity contribution in [3.8, 4) is 0 Å². The molecule has 3 rings (SSSR count). The fraction of sp³-hybridized carbons (Fsp3) is 0.471. The second-order valence-corrected chi connectivity index (χ2v) is 6.31. The van der Waals surface area contributed by atoms with Gasteiger partial charge in [-0.3, -0.25) is 9.59 Å². The average molecular weight is 316 g/mol. The fourth-order valence-corrected chi connectivity index (χ4v) is 3.86. The molecule has 2 unspecified atom stereocenters. The number of fused-ring (bicyclic) bond motifs is 2. The molecule has 2 bridgehead atoms. The van der Waals surface area contributed by atoms with Crippen LogP contribution in [0.5, 0.6) is 0 Å². The number of carbonyl (C=O) groups is 3. The molecule has 2 aliphatic heterocycles. The Hall–Kier alpha value is -2.37. The third-order valence-electron chi connectivity index (χ3n) is 5.01. The highest BCUT2D eigenvalue weighted by atomic mass is 16.4. The Labute approximate surface area is 134 Å². The van der Waals surface area contributed by atoms with Crippen molar-refractivity contribution in [2.24, 2.45) is 0 Å². The minimum atomic E-state index is -1.39. The van der Waals surface area contributed by atoms with E-state index in [2.05, 4.69) is 0 Å². The van der Waals surface area contributed by atoms with E-state index < -0.39 is 11.9 Å². The number of piperidine rings is 1. The largest absolute Gasteiger partial charge is 0.474 e. The Balaban J connectivity index is 1.72. The first-order valence-electron chi connectivity index (χ1n) is 7.87. The first kappa shape index (κ1) is 15.5. The number of nitrogens with zero attached hydrogens (tertiary/aromatic N) is 2. The molecule has 1 aromatic rings. The molecule has 6 nitrogen and oxygen atoms in total. The SMILES string of the molecule is CN(C(=O)c1ccccc1)C1CC2CCC(C1)N2C(=O)C(=O)O. The molecule has 0 radical (unpaired) electrons. The van der Waals surface area contributed by atoms with Crippen molar-refractivity contribution in [3.05, 3.63) is 35.9 Å². The minimum Gasteiger partial charge on any atom is -0.474 e. The maximum Gasteiger partial charge on any atom is 0.394 e. The second-order valence-electron chi connectivity index (χ2n) is 6.31. The molecular formula is C17H20N2O4. The van der Waals surface area contributed by atoms with Gasteiger partial charge in [0.1, 0.15) is 0 Å². The summed E-state index contributed by atoms with van der Waals surface area (Å²) in [5.74, 6) is -2.24. The standard InChI is InChI=1S/C17H20N2O4/c1-18(15(20)11-5-3-2-4-6-11)14-9-12-7-8-13(10-14)19(12)16(21)17(22)23/h2-6,12-14H,7-10H2,1H3,(H,22,23). The quantitative estimate of drug-likeness (QED) is 0.836. The molecule has 2 fully saturated rings. The summed E-state index contributed by atoms with van der Waals surface area (Å²) in [7, 11) is 1.79. The number of rotatable bonds is 2. The predicted molar refractivity (Wildman–Crippen MR) is 82.8 cm³/mol. The number of benzene rings is 1. The Morgan fingerprint density at radius 3 is 2.17 bits per heavy atom. The summed E-state index contributed by atoms with van der Waals surface area (Å²) in [6.45, 7) is 0. The van der Waals surface area contributed by atoms with E-state index in [1.54, 1.807) is 24.1 Å². The lowest BCUT2D eigenvalue weighted by Crippen LogP contribution is -2.54. The Morgan fingerprint density at radius 1 is 1.09 bits per heavy atom. The van der Waals surface area contributed by atoms with Crippen LogP contribution in [0.25, 0.3) is 0 Å². The molecule has 2 heterocycles. The van der Waals surface area contributed by atoms with E-state index in [9.17, 15) is 14.4 Å². The lowest BCUT2D eigenvalue weighted by Gasteiger charge is -2.41. The molecule has 2 amide bonds. The monoisotopic (exact) mass is 316 g/mol. The normalized spacial score (nSPS) is 26.0. The topological polar surface area (TPSA) is 77.9 Å². The summed E-state index contributed by atoms with van der Waals surface area (Å²) in [4.78, 5) is 38.6. The van der Waals surface area contributed by atoms with E-state index in [1.807, 2.05) is 18.2 Å². The van der Waals surface area contributed by atoms with E-state index in [0.717, 1.165) is 12.8 Å². The van der Waals surface area contributed by atoms with Gasteiger partial charge in [-0.25, -0.2) is 4.79 Å². The molecule has 1 aromatic carbocycles. The van der Waals surface area contributed by atoms with Crippen molar-refractivity contribution in [2.75, 3.05) is 7.05 Å². The Bertz CT molecular complexity index is 617. The predicted octanol–water partition coefficient (Wildman–Crippen LogP) is 1.37. The van der Waals surface area contributed by atoms with Gasteiger partial charge in [0.15, 0.2) is 0 Å². The van der Waals surface area contributed by atoms with E-state index >= 15 is 0 Å². The lowest BCUT2D eigenvalue weighted by atomic mass is 9.95. The van der Waals surface area contributed by atoms with E-state index in [0.29, 0.717) is 18.4 Å². The van der Waals surface area contributed by atoms with Crippen LogP contribution in [0.3, 0.4) is 0 Å². The molecule has 122 valence electrons. The highest BCUT2D eigenvalue weighted by Gasteiger charge is 2.46. The summed E-state index contributed by atoms with van der Waals surface area (Å²) in [5, 5.41) is 8.95. The van der Waals surface area contributed by atoms with Gasteiger partial charge in [0.2, 0.25) is 0 Å². The number of hydrogen-bond donors (Lipinski definition) is 1. The summed E-state index contributed by atoms with van der Waals surface area (Å²) >= 11 is 0. The molecule has 2 atom stereocenters. The number of carbonyl (C=O) groups excluding carboxylic acids is 2. The van der Waals surface area contributed by atoms with Crippen molar-refractivity contribution < 1.29 is 19.5 Å². The molecule has 0 spiro atoms. The zero-order valence-electron chi connectivity index (χ0n) is 13.0. The third-order valence-corrected chi connectivity index (χ3v) is 5.01. The van der Waals surface area contributed by atoms with Crippen molar-refractivity contribution in [1.29, 1.82) is 0 Å². The van der Waals surface area contributed by atoms with Crippen molar-refractivity contribution in [2.45, 2.75) is 43.8 Å². The van der Waals surface area contributed by atoms with E-state index in [1.165, 1.54) is 4.90 Å². The number of amides is 2. The molecule has 2 saturated heterocycles. The van der Waals surface area contributed by atoms with Crippen molar-refractivity contribution >= 4 is 17.8 Å². The van der Waals surface area contributed by atoms with Crippen LogP contribution in [0.4, 0.5) is 0 Å². The molecule has 0 aliphatic carbocycles. The van der Waals surface area contributed by atoms with Crippen LogP contribution >= 0.6 is 0 Å². The van der Waals surface area contributed by atoms with Crippen LogP contribution < -0.4 is 0 Å². The summed E-state index contributed by atoms with van der Waals surface area (Å²) in [6.07, 6.45) is 2.91. The smallest absolute Gasteiger partial charge is 0.394 e. The molecular weight excluding hydrogens is 296 g/mol. The molecule has 0 saturated carbocycles. The lowest BCUT2D eigenvalue weighted by molar-refractivity contribution is -0.158. The third kappa shape index (κ3) is 2.81.